The molecule has 0 spiro atoms. The van der Waals surface area contributed by atoms with Gasteiger partial charge in [0.15, 0.2) is 23.0 Å². The second kappa shape index (κ2) is 23.6. The van der Waals surface area contributed by atoms with Crippen LogP contribution in [0.5, 0.6) is 46.0 Å². The molecule has 4 aromatic rings. The number of ether oxygens (including phenoxy) is 6. The summed E-state index contributed by atoms with van der Waals surface area (Å²) in [6.45, 7) is 13.4. The summed E-state index contributed by atoms with van der Waals surface area (Å²) < 4.78 is 35.3. The smallest absolute Gasteiger partial charge is 0.323 e. The molecule has 10 aliphatic rings. The number of esters is 2. The van der Waals surface area contributed by atoms with E-state index in [1.807, 2.05) is 55.6 Å². The quantitative estimate of drug-likeness (QED) is 0.0920. The molecule has 14 atom stereocenters. The van der Waals surface area contributed by atoms with Crippen LogP contribution in [0, 0.1) is 158 Å². The first kappa shape index (κ1) is 63.2. The summed E-state index contributed by atoms with van der Waals surface area (Å²) in [6, 6.07) is 4.95. The Kier molecular flexibility index (Phi) is 18.0. The van der Waals surface area contributed by atoms with E-state index < -0.39 is 41.4 Å². The van der Waals surface area contributed by atoms with Gasteiger partial charge in [0, 0.05) is 188 Å². The molecule has 14 rings (SSSR count). The Labute approximate surface area is 575 Å². The van der Waals surface area contributed by atoms with Crippen LogP contribution in [0.25, 0.3) is 0 Å². The van der Waals surface area contributed by atoms with Crippen LogP contribution in [0.4, 0.5) is 0 Å². The summed E-state index contributed by atoms with van der Waals surface area (Å²) in [5.74, 6) is 2.50. The Morgan fingerprint density at radius 1 is 0.566 bits per heavy atom. The average Bonchev–Trinajstić information content (AvgIpc) is 2.35. The van der Waals surface area contributed by atoms with Crippen LogP contribution in [0.2, 0.25) is 0 Å². The zero-order chi connectivity index (χ0) is 56.4. The summed E-state index contributed by atoms with van der Waals surface area (Å²) in [5, 5.41) is 67.4. The number of nitriles is 2. The summed E-state index contributed by atoms with van der Waals surface area (Å²) >= 11 is 3.07. The minimum absolute atomic E-state index is 0. The standard InChI is InChI=1S/C30H33N3O6S.C29H32N4O6S.2Ac.Zn/c1-12-6-16-7-17-18(8-31)33-19-9-37-30(36)13(2)10-40-29(24(33)23(32(17)5)20(16)25(34)14(12)3)22-21(19)28-27(38-11-39-28)15(4)26(22)35;1-11-5-14-6-16-17(7-30)33-18-8-37-29(36)15(31)9-40-28(23(33)22(32(16)4)19(14)24(34)12(11)2)21-20(18)27-26(38-10-39-27)13(3)25(21)35;;;/h6,13,17-19,23-24,29,34-35H,7,9-11H2,1-5H3;5,15-18,22-23,28,34-35H,6,8-10,31H2,1-4H3;;;/t13?,17-,18-,19-,23+,24?,29+;15?,16-,17-,18-,22+,23?,28+;;;/m00.../s1. The predicted octanol–water partition coefficient (Wildman–Crippen LogP) is 6.58. The molecule has 2 radical (unpaired) electrons. The van der Waals surface area contributed by atoms with Gasteiger partial charge < -0.3 is 54.6 Å². The van der Waals surface area contributed by atoms with Gasteiger partial charge >= 0.3 is 11.9 Å². The average molecular weight is 1650 g/mol. The molecule has 4 aromatic carbocycles. The second-order valence-corrected chi connectivity index (χ2v) is 25.7. The van der Waals surface area contributed by atoms with Crippen molar-refractivity contribution in [3.63, 3.8) is 0 Å². The summed E-state index contributed by atoms with van der Waals surface area (Å²) in [6.07, 6.45) is 1.21. The van der Waals surface area contributed by atoms with Crippen molar-refractivity contribution in [1.29, 1.82) is 10.5 Å². The summed E-state index contributed by atoms with van der Waals surface area (Å²) in [7, 11) is 4.06. The molecule has 10 heterocycles. The van der Waals surface area contributed by atoms with Gasteiger partial charge in [-0.05, 0) is 102 Å². The third kappa shape index (κ3) is 9.31. The molecule has 4 unspecified atom stereocenters. The number of hydrogen-bond donors (Lipinski definition) is 5. The molecule has 4 fully saturated rings. The number of nitrogens with two attached hydrogens (primary N) is 1. The fraction of sp³-hybridized carbons (Fsp3) is 0.525. The van der Waals surface area contributed by atoms with Crippen molar-refractivity contribution >= 4 is 35.5 Å². The van der Waals surface area contributed by atoms with Gasteiger partial charge in [-0.3, -0.25) is 29.2 Å². The normalized spacial score (nSPS) is 31.3. The topological polar surface area (TPSA) is 257 Å². The largest absolute Gasteiger partial charge is 0.507 e. The molecule has 0 aliphatic carbocycles. The number of aryl methyl sites for hydroxylation is 2. The van der Waals surface area contributed by atoms with Gasteiger partial charge in [0.05, 0.1) is 52.7 Å². The van der Waals surface area contributed by atoms with Crippen molar-refractivity contribution in [2.75, 3.05) is 52.4 Å². The van der Waals surface area contributed by atoms with Crippen molar-refractivity contribution in [3.05, 3.63) is 90.0 Å². The minimum atomic E-state index is -0.837. The molecule has 24 heteroatoms. The van der Waals surface area contributed by atoms with E-state index in [-0.39, 0.29) is 211 Å². The molecule has 83 heavy (non-hydrogen) atoms. The van der Waals surface area contributed by atoms with Crippen molar-refractivity contribution in [2.24, 2.45) is 11.7 Å². The number of rotatable bonds is 0. The van der Waals surface area contributed by atoms with Gasteiger partial charge in [-0.1, -0.05) is 19.1 Å². The Hall–Kier alpha value is -2.79. The molecular weight excluding hydrogens is 1580 g/mol. The molecule has 0 amide bonds. The number of cyclic esters (lactones) is 2. The number of piperazine rings is 2. The number of phenols is 4. The van der Waals surface area contributed by atoms with Crippen LogP contribution < -0.4 is 24.7 Å². The predicted molar refractivity (Wildman–Crippen MR) is 294 cm³/mol. The fourth-order valence-electron chi connectivity index (χ4n) is 15.2. The van der Waals surface area contributed by atoms with E-state index in [1.54, 1.807) is 18.7 Å². The van der Waals surface area contributed by atoms with Crippen molar-refractivity contribution in [3.8, 4) is 58.1 Å². The number of phenolic OH excluding ortho intramolecular Hbond substituents is 4. The van der Waals surface area contributed by atoms with E-state index in [1.165, 1.54) is 11.8 Å². The number of nitrogens with zero attached hydrogens (tertiary/aromatic N) is 6. The number of likely N-dealkylation sites (N-methyl/N-ethyl adjacent to an activating group) is 2. The molecule has 0 aromatic heterocycles. The van der Waals surface area contributed by atoms with Gasteiger partial charge in [0.25, 0.3) is 0 Å². The van der Waals surface area contributed by atoms with Crippen LogP contribution in [0.3, 0.4) is 0 Å². The Balaban J connectivity index is 0.000000179. The third-order valence-corrected chi connectivity index (χ3v) is 22.4. The number of thioether (sulfide) groups is 2. The van der Waals surface area contributed by atoms with Crippen LogP contribution >= 0.6 is 23.5 Å². The molecule has 6 N–H and O–H groups in total. The molecule has 4 saturated heterocycles. The van der Waals surface area contributed by atoms with Crippen molar-refractivity contribution in [2.45, 2.75) is 138 Å². The van der Waals surface area contributed by atoms with Crippen LogP contribution in [0.1, 0.15) is 119 Å². The molecule has 10 aliphatic heterocycles. The fourth-order valence-corrected chi connectivity index (χ4v) is 18.2. The summed E-state index contributed by atoms with van der Waals surface area (Å²) in [4.78, 5) is 34.6. The van der Waals surface area contributed by atoms with E-state index in [0.29, 0.717) is 69.6 Å². The third-order valence-electron chi connectivity index (χ3n) is 19.4. The number of hydrogen-bond acceptors (Lipinski definition) is 21. The van der Waals surface area contributed by atoms with E-state index in [9.17, 15) is 40.5 Å². The van der Waals surface area contributed by atoms with Crippen LogP contribution in [0.15, 0.2) is 12.1 Å². The first-order chi connectivity index (χ1) is 38.3. The Bertz CT molecular complexity index is 3260. The van der Waals surface area contributed by atoms with E-state index in [4.69, 9.17) is 34.2 Å². The zero-order valence-electron chi connectivity index (χ0n) is 47.9. The maximum absolute atomic E-state index is 12.9. The first-order valence-electron chi connectivity index (χ1n) is 27.3. The van der Waals surface area contributed by atoms with Gasteiger partial charge in [-0.2, -0.15) is 22.3 Å². The number of carbonyl (C=O) groups excluding carboxylic acids is 2. The SMILES string of the molecule is Cc1cc2c(c(O)c1C)[C@@H]1C3[C@@H]4SCC(C)C(=O)OC[C@@H](c5c6c(c(C)c(O)c54)OCO6)N3[C@@H](C#N)[C@H](C2)N1C.Cc1cc2c(c(O)c1C)[C@@H]1C3[C@@H]4SCC(N)C(=O)OC[C@@H](c5c6c(c(C)c(O)c54)OCO6)N3[C@@H](C#N)[C@H](C2)N1C.[Ac].[Ac].[Zn]. The Morgan fingerprint density at radius 2 is 0.952 bits per heavy atom. The Morgan fingerprint density at radius 3 is 1.37 bits per heavy atom. The van der Waals surface area contributed by atoms with E-state index in [0.717, 1.165) is 55.6 Å². The van der Waals surface area contributed by atoms with E-state index >= 15 is 0 Å². The monoisotopic (exact) mass is 1650 g/mol. The second-order valence-electron chi connectivity index (χ2n) is 23.3. The van der Waals surface area contributed by atoms with Gasteiger partial charge in [-0.15, -0.1) is 11.8 Å². The molecule has 428 valence electrons. The summed E-state index contributed by atoms with van der Waals surface area (Å²) in [5.41, 5.74) is 17.9. The number of carbonyl (C=O) groups is 2. The van der Waals surface area contributed by atoms with Crippen LogP contribution in [-0.4, -0.2) is 147 Å². The molecule has 8 bridgehead atoms. The van der Waals surface area contributed by atoms with Gasteiger partial charge in [0.1, 0.15) is 54.3 Å². The molecule has 19 nitrogen and oxygen atoms in total. The van der Waals surface area contributed by atoms with Crippen molar-refractivity contribution < 1.29 is 166 Å². The van der Waals surface area contributed by atoms with Gasteiger partial charge in [0.2, 0.25) is 13.6 Å². The van der Waals surface area contributed by atoms with E-state index in [2.05, 4.69) is 43.9 Å². The number of fused-ring (bicyclic) bond motifs is 18. The molecule has 0 saturated carbocycles. The minimum Gasteiger partial charge on any atom is -0.507 e. The maximum Gasteiger partial charge on any atom is 0.323 e. The zero-order valence-corrected chi connectivity index (χ0v) is 62.0. The first-order valence-corrected chi connectivity index (χ1v) is 29.4. The number of benzene rings is 4. The number of aromatic hydroxyl groups is 4. The van der Waals surface area contributed by atoms with Crippen molar-refractivity contribution in [1.82, 2.24) is 19.6 Å². The van der Waals surface area contributed by atoms with Crippen LogP contribution in [-0.2, 0) is 51.4 Å². The van der Waals surface area contributed by atoms with Gasteiger partial charge in [-0.25, -0.2) is 0 Å². The molecular formula is C59H65Ac2N7O12S2Zn. The maximum atomic E-state index is 12.9.